The first-order chi connectivity index (χ1) is 18.4. The molecule has 0 saturated carbocycles. The number of methoxy groups -OCH3 is 1. The molecule has 9 nitrogen and oxygen atoms in total. The van der Waals surface area contributed by atoms with E-state index < -0.39 is 9.85 Å². The normalized spacial score (nSPS) is 10.8. The third kappa shape index (κ3) is 4.85. The molecule has 188 valence electrons. The van der Waals surface area contributed by atoms with E-state index in [4.69, 9.17) is 9.72 Å². The number of rotatable bonds is 8. The van der Waals surface area contributed by atoms with Crippen molar-refractivity contribution in [3.8, 4) is 39.7 Å². The lowest BCUT2D eigenvalue weighted by Gasteiger charge is -2.14. The second kappa shape index (κ2) is 10.4. The molecule has 0 spiro atoms. The van der Waals surface area contributed by atoms with Gasteiger partial charge in [0.25, 0.3) is 11.4 Å². The molecule has 1 heterocycles. The number of benzene rings is 4. The largest absolute Gasteiger partial charge is 0.497 e. The first-order valence-electron chi connectivity index (χ1n) is 11.7. The van der Waals surface area contributed by atoms with Gasteiger partial charge in [-0.05, 0) is 29.8 Å². The first-order valence-corrected chi connectivity index (χ1v) is 11.7. The van der Waals surface area contributed by atoms with Crippen LogP contribution in [0.3, 0.4) is 0 Å². The van der Waals surface area contributed by atoms with Crippen molar-refractivity contribution in [1.29, 1.82) is 0 Å². The summed E-state index contributed by atoms with van der Waals surface area (Å²) in [5.41, 5.74) is 3.86. The summed E-state index contributed by atoms with van der Waals surface area (Å²) in [6, 6.07) is 29.8. The number of nitrogens with zero attached hydrogens (tertiary/aromatic N) is 4. The molecule has 0 radical (unpaired) electrons. The molecule has 38 heavy (non-hydrogen) atoms. The van der Waals surface area contributed by atoms with Crippen LogP contribution in [0.4, 0.5) is 11.4 Å². The standard InChI is InChI=1S/C29H22N4O5/c1-38-26-15-13-21(14-16-26)29-30-27(22-9-5-11-24(17-22)32(34)35)28(23-10-6-12-25(18-23)33(36)37)31(29)19-20-7-3-2-4-8-20/h2-18H,19H2,1H3. The highest BCUT2D eigenvalue weighted by Crippen LogP contribution is 2.39. The van der Waals surface area contributed by atoms with Crippen molar-refractivity contribution in [3.05, 3.63) is 129 Å². The minimum absolute atomic E-state index is 0.0639. The number of hydrogen-bond donors (Lipinski definition) is 0. The van der Waals surface area contributed by atoms with Crippen LogP contribution in [0.25, 0.3) is 33.9 Å². The summed E-state index contributed by atoms with van der Waals surface area (Å²) in [4.78, 5) is 27.2. The lowest BCUT2D eigenvalue weighted by atomic mass is 10.0. The predicted octanol–water partition coefficient (Wildman–Crippen LogP) is 6.76. The van der Waals surface area contributed by atoms with Gasteiger partial charge in [0, 0.05) is 47.5 Å². The van der Waals surface area contributed by atoms with E-state index in [0.717, 1.165) is 11.1 Å². The SMILES string of the molecule is COc1ccc(-c2nc(-c3cccc([N+](=O)[O-])c3)c(-c3cccc([N+](=O)[O-])c3)n2Cc2ccccc2)cc1. The van der Waals surface area contributed by atoms with E-state index >= 15 is 0 Å². The van der Waals surface area contributed by atoms with Crippen LogP contribution in [-0.4, -0.2) is 26.5 Å². The molecule has 0 unspecified atom stereocenters. The van der Waals surface area contributed by atoms with E-state index in [1.54, 1.807) is 31.4 Å². The monoisotopic (exact) mass is 506 g/mol. The summed E-state index contributed by atoms with van der Waals surface area (Å²) in [5.74, 6) is 1.30. The number of nitro groups is 2. The third-order valence-corrected chi connectivity index (χ3v) is 6.16. The molecular weight excluding hydrogens is 484 g/mol. The van der Waals surface area contributed by atoms with Crippen molar-refractivity contribution in [1.82, 2.24) is 9.55 Å². The molecular formula is C29H22N4O5. The molecule has 0 N–H and O–H groups in total. The summed E-state index contributed by atoms with van der Waals surface area (Å²) < 4.78 is 7.31. The number of ether oxygens (including phenoxy) is 1. The van der Waals surface area contributed by atoms with Crippen molar-refractivity contribution in [3.63, 3.8) is 0 Å². The molecule has 0 aliphatic rings. The van der Waals surface area contributed by atoms with Gasteiger partial charge in [-0.25, -0.2) is 4.98 Å². The Kier molecular flexibility index (Phi) is 6.65. The number of aromatic nitrogens is 2. The molecule has 0 bridgehead atoms. The molecule has 0 atom stereocenters. The van der Waals surface area contributed by atoms with E-state index in [2.05, 4.69) is 0 Å². The van der Waals surface area contributed by atoms with Crippen LogP contribution in [0, 0.1) is 20.2 Å². The van der Waals surface area contributed by atoms with Crippen molar-refractivity contribution in [2.24, 2.45) is 0 Å². The Morgan fingerprint density at radius 1 is 0.737 bits per heavy atom. The fourth-order valence-corrected chi connectivity index (χ4v) is 4.36. The minimum Gasteiger partial charge on any atom is -0.497 e. The molecule has 0 amide bonds. The topological polar surface area (TPSA) is 113 Å². The Morgan fingerprint density at radius 2 is 1.34 bits per heavy atom. The summed E-state index contributed by atoms with van der Waals surface area (Å²) in [6.07, 6.45) is 0. The molecule has 0 fully saturated rings. The number of nitro benzene ring substituents is 2. The Balaban J connectivity index is 1.82. The summed E-state index contributed by atoms with van der Waals surface area (Å²) in [6.45, 7) is 0.419. The van der Waals surface area contributed by atoms with E-state index in [1.807, 2.05) is 59.2 Å². The van der Waals surface area contributed by atoms with Gasteiger partial charge >= 0.3 is 0 Å². The van der Waals surface area contributed by atoms with E-state index in [1.165, 1.54) is 24.3 Å². The number of imidazole rings is 1. The molecule has 5 aromatic rings. The zero-order valence-corrected chi connectivity index (χ0v) is 20.4. The van der Waals surface area contributed by atoms with Crippen molar-refractivity contribution in [2.45, 2.75) is 6.54 Å². The fourth-order valence-electron chi connectivity index (χ4n) is 4.36. The Bertz CT molecular complexity index is 1630. The molecule has 0 aliphatic heterocycles. The van der Waals surface area contributed by atoms with Gasteiger partial charge in [-0.2, -0.15) is 0 Å². The summed E-state index contributed by atoms with van der Waals surface area (Å²) in [5, 5.41) is 23.2. The van der Waals surface area contributed by atoms with Crippen LogP contribution in [0.1, 0.15) is 5.56 Å². The maximum Gasteiger partial charge on any atom is 0.270 e. The second-order valence-electron chi connectivity index (χ2n) is 8.55. The van der Waals surface area contributed by atoms with Gasteiger partial charge in [0.15, 0.2) is 0 Å². The molecule has 0 saturated heterocycles. The van der Waals surface area contributed by atoms with Crippen LogP contribution in [0.15, 0.2) is 103 Å². The van der Waals surface area contributed by atoms with E-state index in [0.29, 0.717) is 40.6 Å². The highest BCUT2D eigenvalue weighted by Gasteiger charge is 2.24. The quantitative estimate of drug-likeness (QED) is 0.170. The highest BCUT2D eigenvalue weighted by molar-refractivity contribution is 5.83. The lowest BCUT2D eigenvalue weighted by Crippen LogP contribution is -2.05. The van der Waals surface area contributed by atoms with Gasteiger partial charge in [-0.1, -0.05) is 54.6 Å². The van der Waals surface area contributed by atoms with Gasteiger partial charge < -0.3 is 9.30 Å². The van der Waals surface area contributed by atoms with Crippen molar-refractivity contribution >= 4 is 11.4 Å². The Morgan fingerprint density at radius 3 is 1.95 bits per heavy atom. The number of non-ortho nitro benzene ring substituents is 2. The molecule has 4 aromatic carbocycles. The smallest absolute Gasteiger partial charge is 0.270 e. The Labute approximate surface area is 217 Å². The first kappa shape index (κ1) is 24.4. The van der Waals surface area contributed by atoms with E-state index in [-0.39, 0.29) is 11.4 Å². The molecule has 1 aromatic heterocycles. The fraction of sp³-hybridized carbons (Fsp3) is 0.0690. The third-order valence-electron chi connectivity index (χ3n) is 6.16. The van der Waals surface area contributed by atoms with Gasteiger partial charge in [-0.3, -0.25) is 20.2 Å². The number of hydrogen-bond acceptors (Lipinski definition) is 6. The summed E-state index contributed by atoms with van der Waals surface area (Å²) >= 11 is 0. The Hall–Kier alpha value is -5.31. The molecule has 0 aliphatic carbocycles. The highest BCUT2D eigenvalue weighted by atomic mass is 16.6. The van der Waals surface area contributed by atoms with Gasteiger partial charge in [-0.15, -0.1) is 0 Å². The van der Waals surface area contributed by atoms with E-state index in [9.17, 15) is 20.2 Å². The zero-order chi connectivity index (χ0) is 26.6. The van der Waals surface area contributed by atoms with Gasteiger partial charge in [0.1, 0.15) is 11.6 Å². The van der Waals surface area contributed by atoms with Gasteiger partial charge in [0.05, 0.1) is 28.3 Å². The van der Waals surface area contributed by atoms with Crippen LogP contribution in [-0.2, 0) is 6.54 Å². The van der Waals surface area contributed by atoms with Crippen LogP contribution in [0.5, 0.6) is 5.75 Å². The van der Waals surface area contributed by atoms with Crippen LogP contribution >= 0.6 is 0 Å². The minimum atomic E-state index is -0.456. The average Bonchev–Trinajstić information content (AvgIpc) is 3.32. The predicted molar refractivity (Wildman–Crippen MR) is 144 cm³/mol. The van der Waals surface area contributed by atoms with Crippen molar-refractivity contribution < 1.29 is 14.6 Å². The van der Waals surface area contributed by atoms with Crippen molar-refractivity contribution in [2.75, 3.05) is 7.11 Å². The zero-order valence-electron chi connectivity index (χ0n) is 20.4. The molecule has 5 rings (SSSR count). The second-order valence-corrected chi connectivity index (χ2v) is 8.55. The molecule has 9 heteroatoms. The average molecular weight is 507 g/mol. The maximum absolute atomic E-state index is 11.6. The van der Waals surface area contributed by atoms with Crippen LogP contribution in [0.2, 0.25) is 0 Å². The summed E-state index contributed by atoms with van der Waals surface area (Å²) in [7, 11) is 1.59. The maximum atomic E-state index is 11.6. The van der Waals surface area contributed by atoms with Gasteiger partial charge in [0.2, 0.25) is 0 Å². The van der Waals surface area contributed by atoms with Crippen LogP contribution < -0.4 is 4.74 Å². The lowest BCUT2D eigenvalue weighted by molar-refractivity contribution is -0.385.